The summed E-state index contributed by atoms with van der Waals surface area (Å²) < 4.78 is 7.40. The molecule has 3 heterocycles. The van der Waals surface area contributed by atoms with E-state index in [0.29, 0.717) is 31.2 Å². The molecule has 1 aromatic carbocycles. The molecule has 2 aliphatic heterocycles. The molecule has 2 fully saturated rings. The van der Waals surface area contributed by atoms with Gasteiger partial charge in [-0.05, 0) is 80.4 Å². The van der Waals surface area contributed by atoms with Gasteiger partial charge in [0.25, 0.3) is 11.1 Å². The Morgan fingerprint density at radius 3 is 2.47 bits per heavy atom. The van der Waals surface area contributed by atoms with Crippen LogP contribution in [-0.4, -0.2) is 64.3 Å². The van der Waals surface area contributed by atoms with Gasteiger partial charge in [-0.2, -0.15) is 0 Å². The van der Waals surface area contributed by atoms with E-state index in [4.69, 9.17) is 4.74 Å². The normalized spacial score (nSPS) is 18.2. The molecule has 0 aliphatic carbocycles. The minimum Gasteiger partial charge on any atom is -0.378 e. The monoisotopic (exact) mass is 453 g/mol. The molecule has 2 aliphatic rings. The number of nitrogens with zero attached hydrogens (tertiary/aromatic N) is 3. The van der Waals surface area contributed by atoms with Crippen LogP contribution in [0.5, 0.6) is 0 Å². The lowest BCUT2D eigenvalue weighted by Crippen LogP contribution is -2.46. The number of rotatable bonds is 4. The van der Waals surface area contributed by atoms with Gasteiger partial charge in [0, 0.05) is 30.2 Å². The largest absolute Gasteiger partial charge is 0.378 e. The number of carbonyl (C=O) groups is 3. The Kier molecular flexibility index (Phi) is 6.26. The molecule has 32 heavy (non-hydrogen) atoms. The highest BCUT2D eigenvalue weighted by Crippen LogP contribution is 2.34. The minimum absolute atomic E-state index is 0.232. The first-order valence-corrected chi connectivity index (χ1v) is 11.5. The standard InChI is InChI=1S/C24H27N3O4S/c1-15-5-6-20(11-16(15)2)27-17(3)12-19(18(27)4)13-21-23(29)26(24(30)32-21)14-22(28)25-7-9-31-10-8-25/h5-6,11-13H,7-10,14H2,1-4H3/b21-13+. The Balaban J connectivity index is 1.56. The first-order chi connectivity index (χ1) is 15.3. The predicted molar refractivity (Wildman–Crippen MR) is 125 cm³/mol. The summed E-state index contributed by atoms with van der Waals surface area (Å²) in [4.78, 5) is 40.9. The predicted octanol–water partition coefficient (Wildman–Crippen LogP) is 3.61. The van der Waals surface area contributed by atoms with Crippen molar-refractivity contribution in [2.45, 2.75) is 27.7 Å². The summed E-state index contributed by atoms with van der Waals surface area (Å²) in [6.45, 7) is 9.87. The van der Waals surface area contributed by atoms with E-state index in [9.17, 15) is 14.4 Å². The van der Waals surface area contributed by atoms with Gasteiger partial charge in [-0.15, -0.1) is 0 Å². The zero-order valence-electron chi connectivity index (χ0n) is 18.8. The molecule has 3 amide bonds. The first kappa shape index (κ1) is 22.4. The fourth-order valence-electron chi connectivity index (χ4n) is 4.02. The summed E-state index contributed by atoms with van der Waals surface area (Å²) in [6.07, 6.45) is 1.75. The number of morpholine rings is 1. The van der Waals surface area contributed by atoms with Gasteiger partial charge in [0.1, 0.15) is 6.54 Å². The van der Waals surface area contributed by atoms with Crippen LogP contribution in [0.2, 0.25) is 0 Å². The quantitative estimate of drug-likeness (QED) is 0.662. The molecule has 2 saturated heterocycles. The van der Waals surface area contributed by atoms with Crippen LogP contribution in [0.15, 0.2) is 29.2 Å². The van der Waals surface area contributed by atoms with Gasteiger partial charge >= 0.3 is 0 Å². The second kappa shape index (κ2) is 8.96. The van der Waals surface area contributed by atoms with E-state index in [1.807, 2.05) is 19.9 Å². The second-order valence-corrected chi connectivity index (χ2v) is 9.18. The summed E-state index contributed by atoms with van der Waals surface area (Å²) in [7, 11) is 0. The molecule has 4 rings (SSSR count). The molecule has 0 bridgehead atoms. The zero-order chi connectivity index (χ0) is 23.0. The lowest BCUT2D eigenvalue weighted by atomic mass is 10.1. The zero-order valence-corrected chi connectivity index (χ0v) is 19.6. The Morgan fingerprint density at radius 1 is 1.06 bits per heavy atom. The molecule has 168 valence electrons. The van der Waals surface area contributed by atoms with Gasteiger partial charge in [0.2, 0.25) is 5.91 Å². The van der Waals surface area contributed by atoms with Crippen LogP contribution in [0.4, 0.5) is 4.79 Å². The third-order valence-corrected chi connectivity index (χ3v) is 6.94. The number of aryl methyl sites for hydroxylation is 3. The Morgan fingerprint density at radius 2 is 1.78 bits per heavy atom. The molecule has 0 saturated carbocycles. The number of hydrogen-bond donors (Lipinski definition) is 0. The smallest absolute Gasteiger partial charge is 0.294 e. The Labute approximate surface area is 192 Å². The molecule has 0 spiro atoms. The number of aromatic nitrogens is 1. The summed E-state index contributed by atoms with van der Waals surface area (Å²) >= 11 is 0.883. The fraction of sp³-hybridized carbons (Fsp3) is 0.375. The topological polar surface area (TPSA) is 71.8 Å². The van der Waals surface area contributed by atoms with Crippen molar-refractivity contribution in [2.24, 2.45) is 0 Å². The van der Waals surface area contributed by atoms with Gasteiger partial charge in [-0.3, -0.25) is 19.3 Å². The number of amides is 3. The van der Waals surface area contributed by atoms with E-state index < -0.39 is 11.1 Å². The molecule has 0 atom stereocenters. The van der Waals surface area contributed by atoms with Crippen molar-refractivity contribution in [1.82, 2.24) is 14.4 Å². The SMILES string of the molecule is Cc1ccc(-n2c(C)cc(/C=C3/SC(=O)N(CC(=O)N4CCOCC4)C3=O)c2C)cc1C. The van der Waals surface area contributed by atoms with Crippen LogP contribution in [-0.2, 0) is 14.3 Å². The molecule has 7 nitrogen and oxygen atoms in total. The van der Waals surface area contributed by atoms with E-state index in [2.05, 4.69) is 36.6 Å². The van der Waals surface area contributed by atoms with Crippen molar-refractivity contribution < 1.29 is 19.1 Å². The average molecular weight is 454 g/mol. The molecule has 0 unspecified atom stereocenters. The molecule has 0 radical (unpaired) electrons. The fourth-order valence-corrected chi connectivity index (χ4v) is 4.85. The van der Waals surface area contributed by atoms with Crippen LogP contribution in [0, 0.1) is 27.7 Å². The van der Waals surface area contributed by atoms with E-state index in [1.165, 1.54) is 11.1 Å². The lowest BCUT2D eigenvalue weighted by molar-refractivity contribution is -0.139. The Bertz CT molecular complexity index is 1130. The van der Waals surface area contributed by atoms with E-state index >= 15 is 0 Å². The van der Waals surface area contributed by atoms with Crippen LogP contribution in [0.3, 0.4) is 0 Å². The van der Waals surface area contributed by atoms with Crippen LogP contribution in [0.25, 0.3) is 11.8 Å². The van der Waals surface area contributed by atoms with Crippen LogP contribution >= 0.6 is 11.8 Å². The van der Waals surface area contributed by atoms with Gasteiger partial charge in [0.05, 0.1) is 18.1 Å². The minimum atomic E-state index is -0.419. The first-order valence-electron chi connectivity index (χ1n) is 10.6. The maximum atomic E-state index is 12.9. The van der Waals surface area contributed by atoms with Gasteiger partial charge < -0.3 is 14.2 Å². The third kappa shape index (κ3) is 4.25. The molecule has 2 aromatic rings. The van der Waals surface area contributed by atoms with Crippen molar-refractivity contribution >= 4 is 34.9 Å². The number of benzene rings is 1. The van der Waals surface area contributed by atoms with Crippen molar-refractivity contribution in [1.29, 1.82) is 0 Å². The number of ether oxygens (including phenoxy) is 1. The average Bonchev–Trinajstić information content (AvgIpc) is 3.20. The van der Waals surface area contributed by atoms with Crippen LogP contribution in [0.1, 0.15) is 28.1 Å². The molecule has 1 aromatic heterocycles. The number of thioether (sulfide) groups is 1. The highest BCUT2D eigenvalue weighted by molar-refractivity contribution is 8.18. The maximum Gasteiger partial charge on any atom is 0.294 e. The molecular weight excluding hydrogens is 426 g/mol. The summed E-state index contributed by atoms with van der Waals surface area (Å²) in [5, 5.41) is -0.411. The summed E-state index contributed by atoms with van der Waals surface area (Å²) in [5.41, 5.74) is 6.41. The van der Waals surface area contributed by atoms with Crippen LogP contribution < -0.4 is 0 Å². The van der Waals surface area contributed by atoms with Crippen molar-refractivity contribution in [2.75, 3.05) is 32.8 Å². The highest BCUT2D eigenvalue weighted by atomic mass is 32.2. The van der Waals surface area contributed by atoms with Gasteiger partial charge in [-0.1, -0.05) is 6.07 Å². The van der Waals surface area contributed by atoms with Crippen molar-refractivity contribution in [3.8, 4) is 5.69 Å². The van der Waals surface area contributed by atoms with Gasteiger partial charge in [0.15, 0.2) is 0 Å². The molecule has 8 heteroatoms. The van der Waals surface area contributed by atoms with Crippen molar-refractivity contribution in [3.63, 3.8) is 0 Å². The number of hydrogen-bond acceptors (Lipinski definition) is 5. The highest BCUT2D eigenvalue weighted by Gasteiger charge is 2.37. The lowest BCUT2D eigenvalue weighted by Gasteiger charge is -2.28. The van der Waals surface area contributed by atoms with E-state index in [-0.39, 0.29) is 12.5 Å². The van der Waals surface area contributed by atoms with Gasteiger partial charge in [-0.25, -0.2) is 0 Å². The molecule has 0 N–H and O–H groups in total. The number of imide groups is 1. The Hall–Kier alpha value is -2.84. The third-order valence-electron chi connectivity index (χ3n) is 6.04. The van der Waals surface area contributed by atoms with E-state index in [0.717, 1.165) is 39.3 Å². The molecular formula is C24H27N3O4S. The van der Waals surface area contributed by atoms with Crippen molar-refractivity contribution in [3.05, 3.63) is 57.2 Å². The number of carbonyl (C=O) groups excluding carboxylic acids is 3. The summed E-state index contributed by atoms with van der Waals surface area (Å²) in [6, 6.07) is 8.33. The van der Waals surface area contributed by atoms with E-state index in [1.54, 1.807) is 11.0 Å². The second-order valence-electron chi connectivity index (χ2n) is 8.19. The summed E-state index contributed by atoms with van der Waals surface area (Å²) in [5.74, 6) is -0.651. The maximum absolute atomic E-state index is 12.9.